The molecule has 8 fully saturated rings. The third-order valence-electron chi connectivity index (χ3n) is 10.6. The summed E-state index contributed by atoms with van der Waals surface area (Å²) in [6.07, 6.45) is 17.3. The molecule has 1 aromatic carbocycles. The third-order valence-corrected chi connectivity index (χ3v) is 11.6. The molecule has 3 unspecified atom stereocenters. The van der Waals surface area contributed by atoms with Crippen molar-refractivity contribution >= 4 is 31.9 Å². The summed E-state index contributed by atoms with van der Waals surface area (Å²) < 4.78 is 2.54. The number of hydrogen-bond acceptors (Lipinski definition) is 0. The first-order chi connectivity index (χ1) is 13.5. The predicted molar refractivity (Wildman–Crippen MR) is 121 cm³/mol. The first-order valence-electron chi connectivity index (χ1n) is 12.0. The SMILES string of the molecule is Brc1cc(Br)cc(C2C3CC4CC(C3)CC2(C23CC5CC(CC(C5)C2)C3)C4)c1. The maximum Gasteiger partial charge on any atom is 0.0189 e. The van der Waals surface area contributed by atoms with Crippen LogP contribution in [-0.2, 0) is 0 Å². The van der Waals surface area contributed by atoms with Crippen molar-refractivity contribution in [2.45, 2.75) is 76.5 Å². The first kappa shape index (κ1) is 17.8. The minimum absolute atomic E-state index is 0.623. The van der Waals surface area contributed by atoms with E-state index in [1.807, 2.05) is 0 Å². The molecule has 8 saturated carbocycles. The Kier molecular flexibility index (Phi) is 3.76. The van der Waals surface area contributed by atoms with Crippen molar-refractivity contribution in [3.63, 3.8) is 0 Å². The molecule has 0 N–H and O–H groups in total. The average molecular weight is 504 g/mol. The summed E-state index contributed by atoms with van der Waals surface area (Å²) in [5.74, 6) is 7.12. The fourth-order valence-corrected chi connectivity index (χ4v) is 12.2. The second kappa shape index (κ2) is 5.90. The van der Waals surface area contributed by atoms with Gasteiger partial charge in [0.25, 0.3) is 0 Å². The third kappa shape index (κ3) is 2.34. The lowest BCUT2D eigenvalue weighted by atomic mass is 9.32. The average Bonchev–Trinajstić information content (AvgIpc) is 2.58. The number of rotatable bonds is 2. The van der Waals surface area contributed by atoms with E-state index in [4.69, 9.17) is 0 Å². The van der Waals surface area contributed by atoms with Gasteiger partial charge in [-0.15, -0.1) is 0 Å². The van der Waals surface area contributed by atoms with Gasteiger partial charge in [0.1, 0.15) is 0 Å². The fourth-order valence-electron chi connectivity index (χ4n) is 10.9. The van der Waals surface area contributed by atoms with E-state index in [9.17, 15) is 0 Å². The Hall–Kier alpha value is 0.180. The zero-order chi connectivity index (χ0) is 18.7. The minimum Gasteiger partial charge on any atom is -0.0508 e. The van der Waals surface area contributed by atoms with Crippen LogP contribution in [0.4, 0.5) is 0 Å². The highest BCUT2D eigenvalue weighted by molar-refractivity contribution is 9.11. The van der Waals surface area contributed by atoms with Crippen molar-refractivity contribution in [3.8, 4) is 0 Å². The van der Waals surface area contributed by atoms with Crippen LogP contribution >= 0.6 is 31.9 Å². The minimum atomic E-state index is 0.623. The number of benzene rings is 1. The Morgan fingerprint density at radius 3 is 1.57 bits per heavy atom. The fraction of sp³-hybridized carbons (Fsp3) is 0.769. The molecule has 0 aromatic heterocycles. The Balaban J connectivity index is 1.40. The van der Waals surface area contributed by atoms with Gasteiger partial charge < -0.3 is 0 Å². The van der Waals surface area contributed by atoms with E-state index in [2.05, 4.69) is 50.1 Å². The highest BCUT2D eigenvalue weighted by Gasteiger charge is 2.68. The lowest BCUT2D eigenvalue weighted by Crippen LogP contribution is -2.63. The zero-order valence-corrected chi connectivity index (χ0v) is 20.0. The van der Waals surface area contributed by atoms with Crippen molar-refractivity contribution in [1.82, 2.24) is 0 Å². The summed E-state index contributed by atoms with van der Waals surface area (Å²) in [7, 11) is 0. The van der Waals surface area contributed by atoms with Crippen LogP contribution in [0.2, 0.25) is 0 Å². The molecule has 28 heavy (non-hydrogen) atoms. The van der Waals surface area contributed by atoms with E-state index in [1.54, 1.807) is 63.4 Å². The smallest absolute Gasteiger partial charge is 0.0189 e. The van der Waals surface area contributed by atoms with E-state index in [1.165, 1.54) is 21.8 Å². The Bertz CT molecular complexity index is 756. The molecule has 0 spiro atoms. The van der Waals surface area contributed by atoms with E-state index in [0.29, 0.717) is 10.8 Å². The molecular weight excluding hydrogens is 472 g/mol. The molecule has 3 atom stereocenters. The summed E-state index contributed by atoms with van der Waals surface area (Å²) >= 11 is 7.66. The van der Waals surface area contributed by atoms with Crippen LogP contribution in [0.5, 0.6) is 0 Å². The van der Waals surface area contributed by atoms with E-state index >= 15 is 0 Å². The molecule has 0 amide bonds. The maximum absolute atomic E-state index is 3.83. The van der Waals surface area contributed by atoms with Crippen molar-refractivity contribution in [2.75, 3.05) is 0 Å². The van der Waals surface area contributed by atoms with Crippen LogP contribution < -0.4 is 0 Å². The highest BCUT2D eigenvalue weighted by Crippen LogP contribution is 2.78. The Morgan fingerprint density at radius 2 is 1.07 bits per heavy atom. The molecule has 8 aliphatic carbocycles. The summed E-state index contributed by atoms with van der Waals surface area (Å²) in [5, 5.41) is 0. The molecule has 0 radical (unpaired) electrons. The van der Waals surface area contributed by atoms with E-state index < -0.39 is 0 Å². The van der Waals surface area contributed by atoms with Gasteiger partial charge in [0.15, 0.2) is 0 Å². The summed E-state index contributed by atoms with van der Waals surface area (Å²) in [6.45, 7) is 0. The van der Waals surface area contributed by atoms with Crippen molar-refractivity contribution in [3.05, 3.63) is 32.7 Å². The normalized spacial score (nSPS) is 53.1. The number of hydrogen-bond donors (Lipinski definition) is 0. The second-order valence-electron chi connectivity index (χ2n) is 12.1. The molecule has 0 nitrogen and oxygen atoms in total. The molecule has 0 saturated heterocycles. The van der Waals surface area contributed by atoms with E-state index in [-0.39, 0.29) is 0 Å². The van der Waals surface area contributed by atoms with E-state index in [0.717, 1.165) is 41.4 Å². The highest BCUT2D eigenvalue weighted by atomic mass is 79.9. The van der Waals surface area contributed by atoms with Crippen LogP contribution in [0.25, 0.3) is 0 Å². The number of halogens is 2. The first-order valence-corrected chi connectivity index (χ1v) is 13.6. The molecule has 1 aromatic rings. The molecular formula is C26H32Br2. The molecule has 8 bridgehead atoms. The van der Waals surface area contributed by atoms with Crippen LogP contribution in [0, 0.1) is 46.3 Å². The summed E-state index contributed by atoms with van der Waals surface area (Å²) in [5.41, 5.74) is 2.98. The zero-order valence-electron chi connectivity index (χ0n) is 16.8. The van der Waals surface area contributed by atoms with Gasteiger partial charge in [0.05, 0.1) is 0 Å². The predicted octanol–water partition coefficient (Wildman–Crippen LogP) is 8.34. The molecule has 8 aliphatic rings. The maximum atomic E-state index is 3.83. The quantitative estimate of drug-likeness (QED) is 0.380. The van der Waals surface area contributed by atoms with Gasteiger partial charge in [-0.1, -0.05) is 31.9 Å². The summed E-state index contributed by atoms with van der Waals surface area (Å²) in [6, 6.07) is 7.23. The van der Waals surface area contributed by atoms with Crippen LogP contribution in [-0.4, -0.2) is 0 Å². The standard InChI is InChI=1S/C26H32Br2/c27-22-7-21(8-23(28)9-22)24-20-5-18-4-19(6-20)14-26(24,13-18)25-10-15-1-16(11-25)3-17(2-15)12-25/h7-9,15-20,24H,1-6,10-14H2. The van der Waals surface area contributed by atoms with Crippen molar-refractivity contribution < 1.29 is 0 Å². The Morgan fingerprint density at radius 1 is 0.607 bits per heavy atom. The van der Waals surface area contributed by atoms with Gasteiger partial charge in [-0.25, -0.2) is 0 Å². The molecule has 9 rings (SSSR count). The van der Waals surface area contributed by atoms with Crippen molar-refractivity contribution in [2.24, 2.45) is 46.3 Å². The van der Waals surface area contributed by atoms with Gasteiger partial charge in [0.2, 0.25) is 0 Å². The largest absolute Gasteiger partial charge is 0.0508 e. The topological polar surface area (TPSA) is 0 Å². The molecule has 150 valence electrons. The van der Waals surface area contributed by atoms with Gasteiger partial charge in [0, 0.05) is 8.95 Å². The van der Waals surface area contributed by atoms with Gasteiger partial charge in [-0.2, -0.15) is 0 Å². The van der Waals surface area contributed by atoms with Crippen LogP contribution in [0.15, 0.2) is 27.1 Å². The molecule has 0 aliphatic heterocycles. The van der Waals surface area contributed by atoms with Gasteiger partial charge in [-0.3, -0.25) is 0 Å². The van der Waals surface area contributed by atoms with Gasteiger partial charge >= 0.3 is 0 Å². The molecule has 2 heteroatoms. The van der Waals surface area contributed by atoms with Gasteiger partial charge in [-0.05, 0) is 147 Å². The van der Waals surface area contributed by atoms with Crippen LogP contribution in [0.1, 0.15) is 82.1 Å². The lowest BCUT2D eigenvalue weighted by molar-refractivity contribution is -0.211. The molecule has 0 heterocycles. The summed E-state index contributed by atoms with van der Waals surface area (Å²) in [4.78, 5) is 0. The van der Waals surface area contributed by atoms with Crippen molar-refractivity contribution in [1.29, 1.82) is 0 Å². The lowest BCUT2D eigenvalue weighted by Gasteiger charge is -2.73. The van der Waals surface area contributed by atoms with Crippen LogP contribution in [0.3, 0.4) is 0 Å². The Labute approximate surface area is 186 Å². The monoisotopic (exact) mass is 502 g/mol. The second-order valence-corrected chi connectivity index (χ2v) is 14.0.